The van der Waals surface area contributed by atoms with Crippen LogP contribution in [-0.4, -0.2) is 28.1 Å². The molecule has 18 heavy (non-hydrogen) atoms. The van der Waals surface area contributed by atoms with E-state index in [-0.39, 0.29) is 17.7 Å². The maximum Gasteiger partial charge on any atom is 0.289 e. The van der Waals surface area contributed by atoms with Crippen molar-refractivity contribution in [1.29, 1.82) is 0 Å². The van der Waals surface area contributed by atoms with Crippen molar-refractivity contribution in [1.82, 2.24) is 10.3 Å². The molecule has 2 N–H and O–H groups in total. The Balaban J connectivity index is 2.04. The molecule has 0 bridgehead atoms. The summed E-state index contributed by atoms with van der Waals surface area (Å²) < 4.78 is 5.28. The molecule has 0 spiro atoms. The predicted octanol–water partition coefficient (Wildman–Crippen LogP) is 1.71. The Kier molecular flexibility index (Phi) is 4.01. The van der Waals surface area contributed by atoms with Gasteiger partial charge in [-0.3, -0.25) is 4.79 Å². The topological polar surface area (TPSA) is 75.4 Å². The molecule has 0 aliphatic heterocycles. The summed E-state index contributed by atoms with van der Waals surface area (Å²) in [4.78, 5) is 16.1. The molecule has 1 aromatic rings. The molecular formula is C13H20N2O3. The molecule has 1 heterocycles. The highest BCUT2D eigenvalue weighted by Gasteiger charge is 2.25. The minimum Gasteiger partial charge on any atom is -0.436 e. The van der Waals surface area contributed by atoms with Crippen LogP contribution in [0.2, 0.25) is 0 Å². The first-order chi connectivity index (χ1) is 8.58. The first kappa shape index (κ1) is 13.1. The van der Waals surface area contributed by atoms with Crippen LogP contribution in [0.4, 0.5) is 0 Å². The van der Waals surface area contributed by atoms with Crippen molar-refractivity contribution in [2.45, 2.75) is 58.1 Å². The molecule has 2 atom stereocenters. The SMILES string of the molecule is Cc1nc(C)c(C(=O)NC2CCCCCC2O)o1. The Morgan fingerprint density at radius 2 is 2.06 bits per heavy atom. The first-order valence-electron chi connectivity index (χ1n) is 6.51. The second-order valence-corrected chi connectivity index (χ2v) is 4.93. The summed E-state index contributed by atoms with van der Waals surface area (Å²) >= 11 is 0. The molecule has 1 amide bonds. The van der Waals surface area contributed by atoms with Crippen LogP contribution < -0.4 is 5.32 Å². The number of hydrogen-bond acceptors (Lipinski definition) is 4. The van der Waals surface area contributed by atoms with E-state index in [0.29, 0.717) is 11.6 Å². The van der Waals surface area contributed by atoms with Crippen LogP contribution in [0.3, 0.4) is 0 Å². The Morgan fingerprint density at radius 1 is 1.33 bits per heavy atom. The van der Waals surface area contributed by atoms with Gasteiger partial charge in [0.25, 0.3) is 5.91 Å². The van der Waals surface area contributed by atoms with Crippen LogP contribution >= 0.6 is 0 Å². The fourth-order valence-corrected chi connectivity index (χ4v) is 2.43. The minimum absolute atomic E-state index is 0.176. The van der Waals surface area contributed by atoms with E-state index in [1.807, 2.05) is 0 Å². The third-order valence-electron chi connectivity index (χ3n) is 3.41. The molecule has 0 saturated heterocycles. The van der Waals surface area contributed by atoms with Crippen LogP contribution in [-0.2, 0) is 0 Å². The Hall–Kier alpha value is -1.36. The van der Waals surface area contributed by atoms with Crippen LogP contribution in [0.15, 0.2) is 4.42 Å². The van der Waals surface area contributed by atoms with E-state index >= 15 is 0 Å². The van der Waals surface area contributed by atoms with Crippen molar-refractivity contribution in [2.75, 3.05) is 0 Å². The summed E-state index contributed by atoms with van der Waals surface area (Å²) in [5.41, 5.74) is 0.591. The molecule has 2 unspecified atom stereocenters. The van der Waals surface area contributed by atoms with E-state index in [4.69, 9.17) is 4.42 Å². The smallest absolute Gasteiger partial charge is 0.289 e. The zero-order chi connectivity index (χ0) is 13.1. The lowest BCUT2D eigenvalue weighted by Gasteiger charge is -2.21. The van der Waals surface area contributed by atoms with Gasteiger partial charge in [0.05, 0.1) is 17.8 Å². The largest absolute Gasteiger partial charge is 0.436 e. The zero-order valence-electron chi connectivity index (χ0n) is 10.9. The fraction of sp³-hybridized carbons (Fsp3) is 0.692. The van der Waals surface area contributed by atoms with Crippen LogP contribution in [0.1, 0.15) is 54.2 Å². The lowest BCUT2D eigenvalue weighted by molar-refractivity contribution is 0.0792. The van der Waals surface area contributed by atoms with E-state index in [0.717, 1.165) is 32.1 Å². The molecule has 1 saturated carbocycles. The highest BCUT2D eigenvalue weighted by Crippen LogP contribution is 2.19. The number of oxazole rings is 1. The summed E-state index contributed by atoms with van der Waals surface area (Å²) in [5.74, 6) is 0.460. The van der Waals surface area contributed by atoms with Gasteiger partial charge in [-0.1, -0.05) is 19.3 Å². The second-order valence-electron chi connectivity index (χ2n) is 4.93. The van der Waals surface area contributed by atoms with Gasteiger partial charge >= 0.3 is 0 Å². The average Bonchev–Trinajstić information content (AvgIpc) is 2.52. The number of carbonyl (C=O) groups is 1. The highest BCUT2D eigenvalue weighted by molar-refractivity contribution is 5.92. The maximum atomic E-state index is 12.0. The number of nitrogens with one attached hydrogen (secondary N) is 1. The number of aromatic nitrogens is 1. The first-order valence-corrected chi connectivity index (χ1v) is 6.51. The molecule has 1 aliphatic rings. The standard InChI is InChI=1S/C13H20N2O3/c1-8-12(18-9(2)14-8)13(17)15-10-6-4-3-5-7-11(10)16/h10-11,16H,3-7H2,1-2H3,(H,15,17). The molecule has 1 aliphatic carbocycles. The van der Waals surface area contributed by atoms with E-state index < -0.39 is 6.10 Å². The summed E-state index contributed by atoms with van der Waals surface area (Å²) in [6, 6.07) is -0.176. The van der Waals surface area contributed by atoms with Crippen molar-refractivity contribution in [3.05, 3.63) is 17.3 Å². The summed E-state index contributed by atoms with van der Waals surface area (Å²) in [5, 5.41) is 12.8. The van der Waals surface area contributed by atoms with Gasteiger partial charge in [0, 0.05) is 6.92 Å². The number of aliphatic hydroxyl groups excluding tert-OH is 1. The van der Waals surface area contributed by atoms with E-state index in [9.17, 15) is 9.90 Å². The number of aliphatic hydroxyl groups is 1. The van der Waals surface area contributed by atoms with Gasteiger partial charge in [0.15, 0.2) is 5.89 Å². The lowest BCUT2D eigenvalue weighted by Crippen LogP contribution is -2.42. The highest BCUT2D eigenvalue weighted by atomic mass is 16.4. The van der Waals surface area contributed by atoms with Crippen molar-refractivity contribution in [2.24, 2.45) is 0 Å². The molecule has 5 heteroatoms. The van der Waals surface area contributed by atoms with Gasteiger partial charge in [-0.2, -0.15) is 0 Å². The van der Waals surface area contributed by atoms with Crippen molar-refractivity contribution >= 4 is 5.91 Å². The maximum absolute atomic E-state index is 12.0. The second kappa shape index (κ2) is 5.52. The van der Waals surface area contributed by atoms with Gasteiger partial charge in [-0.25, -0.2) is 4.98 Å². The fourth-order valence-electron chi connectivity index (χ4n) is 2.43. The Labute approximate surface area is 107 Å². The number of rotatable bonds is 2. The molecule has 2 rings (SSSR count). The number of aryl methyl sites for hydroxylation is 2. The van der Waals surface area contributed by atoms with Gasteiger partial charge in [-0.15, -0.1) is 0 Å². The zero-order valence-corrected chi connectivity index (χ0v) is 10.9. The normalized spacial score (nSPS) is 24.6. The summed E-state index contributed by atoms with van der Waals surface area (Å²) in [6.07, 6.45) is 4.29. The molecule has 5 nitrogen and oxygen atoms in total. The van der Waals surface area contributed by atoms with Gasteiger partial charge in [-0.05, 0) is 19.8 Å². The predicted molar refractivity (Wildman–Crippen MR) is 66.3 cm³/mol. The number of amides is 1. The monoisotopic (exact) mass is 252 g/mol. The number of hydrogen-bond donors (Lipinski definition) is 2. The molecule has 0 aromatic carbocycles. The van der Waals surface area contributed by atoms with E-state index in [1.54, 1.807) is 13.8 Å². The van der Waals surface area contributed by atoms with E-state index in [1.165, 1.54) is 0 Å². The molecular weight excluding hydrogens is 232 g/mol. The molecule has 1 fully saturated rings. The number of carbonyl (C=O) groups excluding carboxylic acids is 1. The van der Waals surface area contributed by atoms with Gasteiger partial charge in [0.1, 0.15) is 0 Å². The Morgan fingerprint density at radius 3 is 2.72 bits per heavy atom. The van der Waals surface area contributed by atoms with E-state index in [2.05, 4.69) is 10.3 Å². The Bertz CT molecular complexity index is 428. The molecule has 1 aromatic heterocycles. The average molecular weight is 252 g/mol. The molecule has 0 radical (unpaired) electrons. The molecule has 100 valence electrons. The van der Waals surface area contributed by atoms with Crippen LogP contribution in [0, 0.1) is 13.8 Å². The van der Waals surface area contributed by atoms with Crippen LogP contribution in [0.5, 0.6) is 0 Å². The van der Waals surface area contributed by atoms with Crippen molar-refractivity contribution < 1.29 is 14.3 Å². The lowest BCUT2D eigenvalue weighted by atomic mass is 10.1. The third-order valence-corrected chi connectivity index (χ3v) is 3.41. The van der Waals surface area contributed by atoms with Crippen LogP contribution in [0.25, 0.3) is 0 Å². The third kappa shape index (κ3) is 2.90. The summed E-state index contributed by atoms with van der Waals surface area (Å²) in [7, 11) is 0. The van der Waals surface area contributed by atoms with Crippen molar-refractivity contribution in [3.8, 4) is 0 Å². The summed E-state index contributed by atoms with van der Waals surface area (Å²) in [6.45, 7) is 3.46. The quantitative estimate of drug-likeness (QED) is 0.786. The van der Waals surface area contributed by atoms with Gasteiger partial charge < -0.3 is 14.8 Å². The van der Waals surface area contributed by atoms with Gasteiger partial charge in [0.2, 0.25) is 5.76 Å². The minimum atomic E-state index is -0.458. The number of nitrogens with zero attached hydrogens (tertiary/aromatic N) is 1. The van der Waals surface area contributed by atoms with Crippen molar-refractivity contribution in [3.63, 3.8) is 0 Å².